The van der Waals surface area contributed by atoms with Crippen molar-refractivity contribution in [1.29, 1.82) is 0 Å². The summed E-state index contributed by atoms with van der Waals surface area (Å²) >= 11 is 0. The summed E-state index contributed by atoms with van der Waals surface area (Å²) in [5, 5.41) is 28.5. The van der Waals surface area contributed by atoms with E-state index in [1.807, 2.05) is 13.8 Å². The Morgan fingerprint density at radius 3 is 1.60 bits per heavy atom. The topological polar surface area (TPSA) is 60.7 Å². The van der Waals surface area contributed by atoms with Gasteiger partial charge in [0.2, 0.25) is 0 Å². The van der Waals surface area contributed by atoms with Gasteiger partial charge in [-0.25, -0.2) is 0 Å². The van der Waals surface area contributed by atoms with Crippen molar-refractivity contribution in [2.75, 3.05) is 0 Å². The first-order valence-electron chi connectivity index (χ1n) is 6.14. The van der Waals surface area contributed by atoms with E-state index in [0.29, 0.717) is 19.3 Å². The third-order valence-electron chi connectivity index (χ3n) is 2.62. The van der Waals surface area contributed by atoms with Crippen LogP contribution in [0.1, 0.15) is 58.8 Å². The Labute approximate surface area is 93.1 Å². The second-order valence-corrected chi connectivity index (χ2v) is 4.35. The Morgan fingerprint density at radius 1 is 0.667 bits per heavy atom. The van der Waals surface area contributed by atoms with E-state index in [0.717, 1.165) is 25.7 Å². The Kier molecular flexibility index (Phi) is 9.06. The molecule has 0 aromatic rings. The molecule has 3 heteroatoms. The first-order chi connectivity index (χ1) is 7.10. The summed E-state index contributed by atoms with van der Waals surface area (Å²) < 4.78 is 0. The van der Waals surface area contributed by atoms with Crippen LogP contribution in [0, 0.1) is 0 Å². The zero-order chi connectivity index (χ0) is 11.7. The van der Waals surface area contributed by atoms with Crippen molar-refractivity contribution in [1.82, 2.24) is 0 Å². The van der Waals surface area contributed by atoms with E-state index in [1.54, 1.807) is 0 Å². The van der Waals surface area contributed by atoms with E-state index in [-0.39, 0.29) is 6.10 Å². The quantitative estimate of drug-likeness (QED) is 0.553. The molecule has 3 atom stereocenters. The van der Waals surface area contributed by atoms with Crippen LogP contribution in [0.5, 0.6) is 0 Å². The molecule has 3 N–H and O–H groups in total. The zero-order valence-electron chi connectivity index (χ0n) is 10.0. The molecule has 0 aromatic carbocycles. The SMILES string of the molecule is CCCC(O)CCC(O)CC(O)CCC. The Bertz CT molecular complexity index is 139. The van der Waals surface area contributed by atoms with Crippen LogP contribution >= 0.6 is 0 Å². The molecule has 0 rings (SSSR count). The zero-order valence-corrected chi connectivity index (χ0v) is 10.0. The summed E-state index contributed by atoms with van der Waals surface area (Å²) in [5.74, 6) is 0. The number of hydrogen-bond donors (Lipinski definition) is 3. The van der Waals surface area contributed by atoms with Crippen LogP contribution in [0.4, 0.5) is 0 Å². The number of hydrogen-bond acceptors (Lipinski definition) is 3. The lowest BCUT2D eigenvalue weighted by atomic mass is 10.0. The fourth-order valence-electron chi connectivity index (χ4n) is 1.75. The van der Waals surface area contributed by atoms with Gasteiger partial charge >= 0.3 is 0 Å². The van der Waals surface area contributed by atoms with Crippen LogP contribution in [0.15, 0.2) is 0 Å². The van der Waals surface area contributed by atoms with Gasteiger partial charge in [-0.15, -0.1) is 0 Å². The molecule has 0 saturated heterocycles. The van der Waals surface area contributed by atoms with E-state index in [1.165, 1.54) is 0 Å². The second-order valence-electron chi connectivity index (χ2n) is 4.35. The van der Waals surface area contributed by atoms with Crippen LogP contribution < -0.4 is 0 Å². The Balaban J connectivity index is 3.51. The lowest BCUT2D eigenvalue weighted by Crippen LogP contribution is -2.19. The highest BCUT2D eigenvalue weighted by molar-refractivity contribution is 4.65. The predicted octanol–water partition coefficient (Wildman–Crippen LogP) is 1.84. The normalized spacial score (nSPS) is 17.4. The fraction of sp³-hybridized carbons (Fsp3) is 1.00. The highest BCUT2D eigenvalue weighted by atomic mass is 16.3. The van der Waals surface area contributed by atoms with Crippen LogP contribution in [0.25, 0.3) is 0 Å². The van der Waals surface area contributed by atoms with E-state index in [4.69, 9.17) is 0 Å². The summed E-state index contributed by atoms with van der Waals surface area (Å²) in [7, 11) is 0. The molecule has 0 saturated carbocycles. The number of aliphatic hydroxyl groups is 3. The molecule has 92 valence electrons. The van der Waals surface area contributed by atoms with Gasteiger partial charge in [-0.1, -0.05) is 26.7 Å². The van der Waals surface area contributed by atoms with Gasteiger partial charge in [0.15, 0.2) is 0 Å². The van der Waals surface area contributed by atoms with Crippen molar-refractivity contribution in [2.45, 2.75) is 77.1 Å². The van der Waals surface area contributed by atoms with Gasteiger partial charge in [0.1, 0.15) is 0 Å². The molecule has 0 aliphatic rings. The van der Waals surface area contributed by atoms with Crippen molar-refractivity contribution in [3.05, 3.63) is 0 Å². The van der Waals surface area contributed by atoms with Crippen LogP contribution in [0.2, 0.25) is 0 Å². The molecule has 0 spiro atoms. The first kappa shape index (κ1) is 14.9. The highest BCUT2D eigenvalue weighted by Gasteiger charge is 2.12. The van der Waals surface area contributed by atoms with Gasteiger partial charge in [-0.05, 0) is 32.1 Å². The summed E-state index contributed by atoms with van der Waals surface area (Å²) in [4.78, 5) is 0. The van der Waals surface area contributed by atoms with Gasteiger partial charge < -0.3 is 15.3 Å². The third-order valence-corrected chi connectivity index (χ3v) is 2.62. The molecule has 3 unspecified atom stereocenters. The van der Waals surface area contributed by atoms with Gasteiger partial charge in [-0.2, -0.15) is 0 Å². The minimum Gasteiger partial charge on any atom is -0.393 e. The van der Waals surface area contributed by atoms with Crippen molar-refractivity contribution in [3.8, 4) is 0 Å². The smallest absolute Gasteiger partial charge is 0.0565 e. The van der Waals surface area contributed by atoms with Crippen molar-refractivity contribution >= 4 is 0 Å². The van der Waals surface area contributed by atoms with Gasteiger partial charge in [-0.3, -0.25) is 0 Å². The van der Waals surface area contributed by atoms with Crippen LogP contribution in [-0.4, -0.2) is 33.6 Å². The average molecular weight is 218 g/mol. The maximum Gasteiger partial charge on any atom is 0.0565 e. The summed E-state index contributed by atoms with van der Waals surface area (Å²) in [5.41, 5.74) is 0. The Morgan fingerprint density at radius 2 is 1.07 bits per heavy atom. The maximum atomic E-state index is 9.59. The highest BCUT2D eigenvalue weighted by Crippen LogP contribution is 2.12. The molecule has 0 aliphatic carbocycles. The summed E-state index contributed by atoms with van der Waals surface area (Å²) in [6, 6.07) is 0. The van der Waals surface area contributed by atoms with Crippen molar-refractivity contribution < 1.29 is 15.3 Å². The van der Waals surface area contributed by atoms with Gasteiger partial charge in [0, 0.05) is 0 Å². The third kappa shape index (κ3) is 8.85. The molecular formula is C12H26O3. The van der Waals surface area contributed by atoms with Gasteiger partial charge in [0.25, 0.3) is 0 Å². The number of rotatable bonds is 9. The fourth-order valence-corrected chi connectivity index (χ4v) is 1.75. The van der Waals surface area contributed by atoms with E-state index >= 15 is 0 Å². The number of aliphatic hydroxyl groups excluding tert-OH is 3. The summed E-state index contributed by atoms with van der Waals surface area (Å²) in [6.07, 6.45) is 3.93. The Hall–Kier alpha value is -0.120. The maximum absolute atomic E-state index is 9.59. The minimum absolute atomic E-state index is 0.298. The molecule has 0 amide bonds. The molecule has 0 heterocycles. The van der Waals surface area contributed by atoms with E-state index in [9.17, 15) is 15.3 Å². The van der Waals surface area contributed by atoms with Crippen LogP contribution in [-0.2, 0) is 0 Å². The van der Waals surface area contributed by atoms with E-state index < -0.39 is 12.2 Å². The molecule has 0 fully saturated rings. The van der Waals surface area contributed by atoms with Crippen LogP contribution in [0.3, 0.4) is 0 Å². The predicted molar refractivity (Wildman–Crippen MR) is 61.7 cm³/mol. The van der Waals surface area contributed by atoms with Crippen molar-refractivity contribution in [2.24, 2.45) is 0 Å². The molecule has 0 bridgehead atoms. The summed E-state index contributed by atoms with van der Waals surface area (Å²) in [6.45, 7) is 4.05. The molecule has 15 heavy (non-hydrogen) atoms. The first-order valence-corrected chi connectivity index (χ1v) is 6.14. The average Bonchev–Trinajstić information content (AvgIpc) is 2.15. The van der Waals surface area contributed by atoms with Crippen molar-refractivity contribution in [3.63, 3.8) is 0 Å². The molecule has 0 aromatic heterocycles. The largest absolute Gasteiger partial charge is 0.393 e. The molecular weight excluding hydrogens is 192 g/mol. The monoisotopic (exact) mass is 218 g/mol. The standard InChI is InChI=1S/C12H26O3/c1-3-5-10(13)7-8-12(15)9-11(14)6-4-2/h10-15H,3-9H2,1-2H3. The minimum atomic E-state index is -0.474. The second kappa shape index (κ2) is 9.13. The lowest BCUT2D eigenvalue weighted by Gasteiger charge is -2.16. The molecule has 0 radical (unpaired) electrons. The van der Waals surface area contributed by atoms with Gasteiger partial charge in [0.05, 0.1) is 18.3 Å². The lowest BCUT2D eigenvalue weighted by molar-refractivity contribution is 0.0564. The molecule has 3 nitrogen and oxygen atoms in total. The molecule has 0 aliphatic heterocycles. The van der Waals surface area contributed by atoms with E-state index in [2.05, 4.69) is 0 Å².